The number of hydrogen-bond donors (Lipinski definition) is 0. The van der Waals surface area contributed by atoms with Gasteiger partial charge in [0.1, 0.15) is 0 Å². The SMILES string of the molecule is Cc1noc([C@H]2CCN(C(=O)Cc3cn4ccsc4n3)C2)n1. The lowest BCUT2D eigenvalue weighted by molar-refractivity contribution is -0.129. The molecule has 1 aliphatic heterocycles. The number of imidazole rings is 1. The van der Waals surface area contributed by atoms with Crippen LogP contribution >= 0.6 is 11.3 Å². The predicted molar refractivity (Wildman–Crippen MR) is 79.7 cm³/mol. The summed E-state index contributed by atoms with van der Waals surface area (Å²) in [6.07, 6.45) is 5.07. The summed E-state index contributed by atoms with van der Waals surface area (Å²) in [5.41, 5.74) is 0.814. The molecule has 22 heavy (non-hydrogen) atoms. The number of fused-ring (bicyclic) bond motifs is 1. The number of carbonyl (C=O) groups excluding carboxylic acids is 1. The van der Waals surface area contributed by atoms with Crippen LogP contribution in [0.5, 0.6) is 0 Å². The molecule has 8 heteroatoms. The molecule has 4 heterocycles. The highest BCUT2D eigenvalue weighted by atomic mass is 32.1. The molecule has 0 radical (unpaired) electrons. The number of aromatic nitrogens is 4. The van der Waals surface area contributed by atoms with Crippen LogP contribution in [0.3, 0.4) is 0 Å². The molecule has 0 bridgehead atoms. The highest BCUT2D eigenvalue weighted by molar-refractivity contribution is 7.15. The number of carbonyl (C=O) groups is 1. The molecule has 0 aliphatic carbocycles. The summed E-state index contributed by atoms with van der Waals surface area (Å²) in [5.74, 6) is 1.52. The smallest absolute Gasteiger partial charge is 0.231 e. The number of nitrogens with zero attached hydrogens (tertiary/aromatic N) is 5. The minimum atomic E-state index is 0.101. The highest BCUT2D eigenvalue weighted by Crippen LogP contribution is 2.26. The largest absolute Gasteiger partial charge is 0.342 e. The third-order valence-electron chi connectivity index (χ3n) is 3.91. The minimum absolute atomic E-state index is 0.101. The van der Waals surface area contributed by atoms with Crippen molar-refractivity contribution in [3.63, 3.8) is 0 Å². The minimum Gasteiger partial charge on any atom is -0.342 e. The fourth-order valence-corrected chi connectivity index (χ4v) is 3.51. The van der Waals surface area contributed by atoms with Crippen molar-refractivity contribution in [1.29, 1.82) is 0 Å². The molecular weight excluding hydrogens is 302 g/mol. The van der Waals surface area contributed by atoms with E-state index in [1.807, 2.05) is 27.1 Å². The molecule has 0 saturated carbocycles. The van der Waals surface area contributed by atoms with E-state index in [2.05, 4.69) is 15.1 Å². The van der Waals surface area contributed by atoms with Crippen molar-refractivity contribution in [2.75, 3.05) is 13.1 Å². The first kappa shape index (κ1) is 13.4. The molecule has 3 aromatic heterocycles. The molecule has 4 rings (SSSR count). The first-order chi connectivity index (χ1) is 10.7. The molecule has 1 atom stereocenters. The van der Waals surface area contributed by atoms with Crippen molar-refractivity contribution in [3.8, 4) is 0 Å². The summed E-state index contributed by atoms with van der Waals surface area (Å²) in [7, 11) is 0. The van der Waals surface area contributed by atoms with Crippen LogP contribution in [0.15, 0.2) is 22.3 Å². The first-order valence-corrected chi connectivity index (χ1v) is 8.06. The summed E-state index contributed by atoms with van der Waals surface area (Å²) in [4.78, 5) is 23.9. The van der Waals surface area contributed by atoms with Gasteiger partial charge in [-0.1, -0.05) is 5.16 Å². The third kappa shape index (κ3) is 2.39. The number of aryl methyl sites for hydroxylation is 1. The number of amides is 1. The molecule has 7 nitrogen and oxygen atoms in total. The molecule has 3 aromatic rings. The second kappa shape index (κ2) is 5.20. The Morgan fingerprint density at radius 2 is 2.41 bits per heavy atom. The van der Waals surface area contributed by atoms with E-state index in [-0.39, 0.29) is 11.8 Å². The van der Waals surface area contributed by atoms with E-state index < -0.39 is 0 Å². The van der Waals surface area contributed by atoms with Crippen molar-refractivity contribution >= 4 is 22.2 Å². The van der Waals surface area contributed by atoms with E-state index in [1.54, 1.807) is 18.3 Å². The van der Waals surface area contributed by atoms with E-state index in [0.717, 1.165) is 23.6 Å². The van der Waals surface area contributed by atoms with Gasteiger partial charge in [0.15, 0.2) is 10.8 Å². The van der Waals surface area contributed by atoms with Gasteiger partial charge >= 0.3 is 0 Å². The van der Waals surface area contributed by atoms with E-state index in [0.29, 0.717) is 24.7 Å². The van der Waals surface area contributed by atoms with Gasteiger partial charge in [-0.2, -0.15) is 4.98 Å². The van der Waals surface area contributed by atoms with Crippen LogP contribution in [0.1, 0.15) is 29.7 Å². The summed E-state index contributed by atoms with van der Waals surface area (Å²) >= 11 is 1.57. The molecule has 1 fully saturated rings. The molecular formula is C14H15N5O2S. The van der Waals surface area contributed by atoms with Gasteiger partial charge in [-0.15, -0.1) is 11.3 Å². The fraction of sp³-hybridized carbons (Fsp3) is 0.429. The Morgan fingerprint density at radius 1 is 1.50 bits per heavy atom. The maximum atomic E-state index is 12.4. The van der Waals surface area contributed by atoms with Crippen molar-refractivity contribution in [1.82, 2.24) is 24.4 Å². The van der Waals surface area contributed by atoms with E-state index in [4.69, 9.17) is 4.52 Å². The van der Waals surface area contributed by atoms with Gasteiger partial charge in [-0.3, -0.25) is 9.20 Å². The van der Waals surface area contributed by atoms with Crippen LogP contribution in [-0.2, 0) is 11.2 Å². The maximum absolute atomic E-state index is 12.4. The summed E-state index contributed by atoms with van der Waals surface area (Å²) < 4.78 is 7.16. The topological polar surface area (TPSA) is 76.5 Å². The van der Waals surface area contributed by atoms with Crippen molar-refractivity contribution in [2.24, 2.45) is 0 Å². The Kier molecular flexibility index (Phi) is 3.18. The monoisotopic (exact) mass is 317 g/mol. The van der Waals surface area contributed by atoms with Crippen LogP contribution in [0, 0.1) is 6.92 Å². The molecule has 0 spiro atoms. The summed E-state index contributed by atoms with van der Waals surface area (Å²) in [5, 5.41) is 5.79. The van der Waals surface area contributed by atoms with Crippen molar-refractivity contribution in [2.45, 2.75) is 25.7 Å². The predicted octanol–water partition coefficient (Wildman–Crippen LogP) is 1.65. The van der Waals surface area contributed by atoms with E-state index in [9.17, 15) is 4.79 Å². The van der Waals surface area contributed by atoms with Crippen molar-refractivity contribution < 1.29 is 9.32 Å². The summed E-state index contributed by atoms with van der Waals surface area (Å²) in [6.45, 7) is 3.17. The Hall–Kier alpha value is -2.22. The van der Waals surface area contributed by atoms with Gasteiger partial charge in [0, 0.05) is 30.9 Å². The highest BCUT2D eigenvalue weighted by Gasteiger charge is 2.31. The molecule has 0 N–H and O–H groups in total. The van der Waals surface area contributed by atoms with Crippen LogP contribution in [0.4, 0.5) is 0 Å². The zero-order valence-electron chi connectivity index (χ0n) is 12.1. The number of hydrogen-bond acceptors (Lipinski definition) is 6. The maximum Gasteiger partial charge on any atom is 0.231 e. The average Bonchev–Trinajstić information content (AvgIpc) is 3.19. The van der Waals surface area contributed by atoms with E-state index in [1.165, 1.54) is 0 Å². The fourth-order valence-electron chi connectivity index (χ4n) is 2.80. The second-order valence-electron chi connectivity index (χ2n) is 5.51. The quantitative estimate of drug-likeness (QED) is 0.734. The molecule has 1 saturated heterocycles. The van der Waals surface area contributed by atoms with Gasteiger partial charge in [0.2, 0.25) is 11.8 Å². The van der Waals surface area contributed by atoms with Crippen molar-refractivity contribution in [3.05, 3.63) is 35.2 Å². The number of thiazole rings is 1. The number of likely N-dealkylation sites (tertiary alicyclic amines) is 1. The first-order valence-electron chi connectivity index (χ1n) is 7.18. The lowest BCUT2D eigenvalue weighted by Gasteiger charge is -2.14. The van der Waals surface area contributed by atoms with E-state index >= 15 is 0 Å². The lowest BCUT2D eigenvalue weighted by atomic mass is 10.1. The molecule has 1 amide bonds. The second-order valence-corrected chi connectivity index (χ2v) is 6.38. The number of rotatable bonds is 3. The Balaban J connectivity index is 1.42. The van der Waals surface area contributed by atoms with Crippen LogP contribution in [0.2, 0.25) is 0 Å². The normalized spacial score (nSPS) is 18.4. The zero-order valence-corrected chi connectivity index (χ0v) is 12.9. The lowest BCUT2D eigenvalue weighted by Crippen LogP contribution is -2.30. The Labute approximate surface area is 130 Å². The zero-order chi connectivity index (χ0) is 15.1. The average molecular weight is 317 g/mol. The molecule has 1 aliphatic rings. The standard InChI is InChI=1S/C14H15N5O2S/c1-9-15-13(21-17-9)10-2-3-18(7-10)12(20)6-11-8-19-4-5-22-14(19)16-11/h4-5,8,10H,2-3,6-7H2,1H3/t10-/m0/s1. The molecule has 0 aromatic carbocycles. The molecule has 114 valence electrons. The third-order valence-corrected chi connectivity index (χ3v) is 4.68. The Morgan fingerprint density at radius 3 is 3.18 bits per heavy atom. The van der Waals surface area contributed by atoms with Gasteiger partial charge in [-0.05, 0) is 13.3 Å². The van der Waals surface area contributed by atoms with Gasteiger partial charge < -0.3 is 9.42 Å². The van der Waals surface area contributed by atoms with Gasteiger partial charge in [0.05, 0.1) is 18.0 Å². The van der Waals surface area contributed by atoms with Crippen LogP contribution in [0.25, 0.3) is 4.96 Å². The summed E-state index contributed by atoms with van der Waals surface area (Å²) in [6, 6.07) is 0. The molecule has 0 unspecified atom stereocenters. The Bertz CT molecular complexity index is 792. The van der Waals surface area contributed by atoms with Crippen LogP contribution in [-0.4, -0.2) is 43.4 Å². The van der Waals surface area contributed by atoms with Crippen LogP contribution < -0.4 is 0 Å². The van der Waals surface area contributed by atoms with Gasteiger partial charge in [0.25, 0.3) is 0 Å². The van der Waals surface area contributed by atoms with Gasteiger partial charge in [-0.25, -0.2) is 4.98 Å².